The van der Waals surface area contributed by atoms with Crippen molar-refractivity contribution in [2.45, 2.75) is 6.54 Å². The third kappa shape index (κ3) is 1.94. The van der Waals surface area contributed by atoms with Crippen molar-refractivity contribution in [3.05, 3.63) is 54.5 Å². The Morgan fingerprint density at radius 2 is 1.88 bits per heavy atom. The number of nitrogens with zero attached hydrogens (tertiary/aromatic N) is 4. The second-order valence-electron chi connectivity index (χ2n) is 3.63. The molecule has 2 heterocycles. The van der Waals surface area contributed by atoms with Crippen molar-refractivity contribution in [2.75, 3.05) is 5.32 Å². The number of fused-ring (bicyclic) bond motifs is 1. The highest BCUT2D eigenvalue weighted by atomic mass is 15.4. The SMILES string of the molecule is c1ccc(NCc2nnc3cccnn23)cc1. The first-order valence-corrected chi connectivity index (χ1v) is 5.38. The molecule has 0 spiro atoms. The van der Waals surface area contributed by atoms with E-state index in [1.165, 1.54) is 0 Å². The van der Waals surface area contributed by atoms with Crippen molar-refractivity contribution in [2.24, 2.45) is 0 Å². The van der Waals surface area contributed by atoms with Gasteiger partial charge in [0.15, 0.2) is 11.5 Å². The Balaban J connectivity index is 1.82. The van der Waals surface area contributed by atoms with E-state index in [0.29, 0.717) is 6.54 Å². The molecule has 0 amide bonds. The molecule has 1 aromatic carbocycles. The second kappa shape index (κ2) is 4.21. The molecule has 0 aliphatic heterocycles. The van der Waals surface area contributed by atoms with Crippen LogP contribution in [0.15, 0.2) is 48.7 Å². The third-order valence-corrected chi connectivity index (χ3v) is 2.47. The predicted molar refractivity (Wildman–Crippen MR) is 64.6 cm³/mol. The molecule has 0 unspecified atom stereocenters. The summed E-state index contributed by atoms with van der Waals surface area (Å²) in [5.41, 5.74) is 1.82. The van der Waals surface area contributed by atoms with E-state index in [1.807, 2.05) is 42.5 Å². The zero-order valence-corrected chi connectivity index (χ0v) is 9.11. The van der Waals surface area contributed by atoms with Gasteiger partial charge in [0.05, 0.1) is 6.54 Å². The number of aromatic nitrogens is 4. The third-order valence-electron chi connectivity index (χ3n) is 2.47. The van der Waals surface area contributed by atoms with Crippen LogP contribution < -0.4 is 5.32 Å². The number of para-hydroxylation sites is 1. The number of hydrogen-bond acceptors (Lipinski definition) is 4. The molecule has 3 rings (SSSR count). The van der Waals surface area contributed by atoms with Gasteiger partial charge in [0.1, 0.15) is 0 Å². The zero-order chi connectivity index (χ0) is 11.5. The summed E-state index contributed by atoms with van der Waals surface area (Å²) in [7, 11) is 0. The van der Waals surface area contributed by atoms with E-state index in [4.69, 9.17) is 0 Å². The Hall–Kier alpha value is -2.43. The average Bonchev–Trinajstić information content (AvgIpc) is 2.81. The van der Waals surface area contributed by atoms with Crippen LogP contribution >= 0.6 is 0 Å². The molecule has 5 nitrogen and oxygen atoms in total. The van der Waals surface area contributed by atoms with Crippen LogP contribution in [0.4, 0.5) is 5.69 Å². The molecule has 2 aromatic heterocycles. The lowest BCUT2D eigenvalue weighted by Crippen LogP contribution is -2.05. The molecule has 0 atom stereocenters. The lowest BCUT2D eigenvalue weighted by Gasteiger charge is -2.03. The van der Waals surface area contributed by atoms with Crippen LogP contribution in [-0.4, -0.2) is 19.8 Å². The van der Waals surface area contributed by atoms with E-state index in [1.54, 1.807) is 10.7 Å². The van der Waals surface area contributed by atoms with Crippen LogP contribution in [0.5, 0.6) is 0 Å². The fourth-order valence-corrected chi connectivity index (χ4v) is 1.64. The smallest absolute Gasteiger partial charge is 0.177 e. The highest BCUT2D eigenvalue weighted by Crippen LogP contribution is 2.07. The van der Waals surface area contributed by atoms with Crippen LogP contribution in [-0.2, 0) is 6.54 Å². The van der Waals surface area contributed by atoms with Crippen LogP contribution in [0.1, 0.15) is 5.82 Å². The number of rotatable bonds is 3. The number of benzene rings is 1. The monoisotopic (exact) mass is 225 g/mol. The summed E-state index contributed by atoms with van der Waals surface area (Å²) in [6.07, 6.45) is 1.72. The van der Waals surface area contributed by atoms with Gasteiger partial charge >= 0.3 is 0 Å². The maximum Gasteiger partial charge on any atom is 0.177 e. The summed E-state index contributed by atoms with van der Waals surface area (Å²) in [6, 6.07) is 13.7. The van der Waals surface area contributed by atoms with E-state index in [-0.39, 0.29) is 0 Å². The zero-order valence-electron chi connectivity index (χ0n) is 9.11. The number of nitrogens with one attached hydrogen (secondary N) is 1. The molecule has 84 valence electrons. The van der Waals surface area contributed by atoms with Crippen molar-refractivity contribution in [1.29, 1.82) is 0 Å². The van der Waals surface area contributed by atoms with E-state index in [0.717, 1.165) is 17.2 Å². The molecule has 0 radical (unpaired) electrons. The van der Waals surface area contributed by atoms with Crippen LogP contribution in [0.25, 0.3) is 5.65 Å². The second-order valence-corrected chi connectivity index (χ2v) is 3.63. The Labute approximate surface area is 98.1 Å². The number of hydrogen-bond donors (Lipinski definition) is 1. The van der Waals surface area contributed by atoms with Gasteiger partial charge in [-0.2, -0.15) is 9.61 Å². The highest BCUT2D eigenvalue weighted by molar-refractivity contribution is 5.43. The quantitative estimate of drug-likeness (QED) is 0.737. The first-order chi connectivity index (χ1) is 8.43. The highest BCUT2D eigenvalue weighted by Gasteiger charge is 2.04. The summed E-state index contributed by atoms with van der Waals surface area (Å²) in [4.78, 5) is 0. The van der Waals surface area contributed by atoms with E-state index < -0.39 is 0 Å². The molecule has 3 aromatic rings. The predicted octanol–water partition coefficient (Wildman–Crippen LogP) is 1.74. The van der Waals surface area contributed by atoms with Crippen molar-refractivity contribution >= 4 is 11.3 Å². The van der Waals surface area contributed by atoms with Gasteiger partial charge in [0.25, 0.3) is 0 Å². The molecule has 0 aliphatic rings. The maximum absolute atomic E-state index is 4.21. The van der Waals surface area contributed by atoms with Gasteiger partial charge in [0.2, 0.25) is 0 Å². The molecule has 0 saturated heterocycles. The van der Waals surface area contributed by atoms with Gasteiger partial charge in [-0.3, -0.25) is 0 Å². The summed E-state index contributed by atoms with van der Waals surface area (Å²) in [5, 5.41) is 15.6. The molecular weight excluding hydrogens is 214 g/mol. The standard InChI is InChI=1S/C12H11N5/c1-2-5-10(6-3-1)13-9-12-16-15-11-7-4-8-14-17(11)12/h1-8,13H,9H2. The summed E-state index contributed by atoms with van der Waals surface area (Å²) in [6.45, 7) is 0.599. The Kier molecular flexibility index (Phi) is 2.42. The van der Waals surface area contributed by atoms with Crippen molar-refractivity contribution < 1.29 is 0 Å². The van der Waals surface area contributed by atoms with Crippen molar-refractivity contribution in [3.8, 4) is 0 Å². The van der Waals surface area contributed by atoms with E-state index in [9.17, 15) is 0 Å². The topological polar surface area (TPSA) is 55.1 Å². The fourth-order valence-electron chi connectivity index (χ4n) is 1.64. The summed E-state index contributed by atoms with van der Waals surface area (Å²) in [5.74, 6) is 0.796. The first-order valence-electron chi connectivity index (χ1n) is 5.38. The first kappa shape index (κ1) is 9.77. The molecule has 1 N–H and O–H groups in total. The van der Waals surface area contributed by atoms with Gasteiger partial charge in [-0.25, -0.2) is 0 Å². The molecule has 5 heteroatoms. The molecule has 0 bridgehead atoms. The lowest BCUT2D eigenvalue weighted by atomic mass is 10.3. The van der Waals surface area contributed by atoms with Crippen LogP contribution in [0.2, 0.25) is 0 Å². The molecule has 0 saturated carbocycles. The van der Waals surface area contributed by atoms with Gasteiger partial charge in [0, 0.05) is 11.9 Å². The molecule has 17 heavy (non-hydrogen) atoms. The summed E-state index contributed by atoms with van der Waals surface area (Å²) >= 11 is 0. The maximum atomic E-state index is 4.21. The van der Waals surface area contributed by atoms with Gasteiger partial charge < -0.3 is 5.32 Å². The van der Waals surface area contributed by atoms with Crippen molar-refractivity contribution in [1.82, 2.24) is 19.8 Å². The van der Waals surface area contributed by atoms with Crippen LogP contribution in [0.3, 0.4) is 0 Å². The minimum Gasteiger partial charge on any atom is -0.378 e. The molecule has 0 fully saturated rings. The van der Waals surface area contributed by atoms with Crippen LogP contribution in [0, 0.1) is 0 Å². The number of anilines is 1. The Bertz CT molecular complexity index is 617. The Morgan fingerprint density at radius 3 is 2.76 bits per heavy atom. The van der Waals surface area contributed by atoms with Gasteiger partial charge in [-0.05, 0) is 24.3 Å². The van der Waals surface area contributed by atoms with Gasteiger partial charge in [-0.15, -0.1) is 10.2 Å². The summed E-state index contributed by atoms with van der Waals surface area (Å²) < 4.78 is 1.73. The molecule has 0 aliphatic carbocycles. The van der Waals surface area contributed by atoms with E-state index in [2.05, 4.69) is 20.6 Å². The van der Waals surface area contributed by atoms with Gasteiger partial charge in [-0.1, -0.05) is 18.2 Å². The van der Waals surface area contributed by atoms with E-state index >= 15 is 0 Å². The molecular formula is C12H11N5. The minimum atomic E-state index is 0.599. The Morgan fingerprint density at radius 1 is 1.00 bits per heavy atom. The average molecular weight is 225 g/mol. The minimum absolute atomic E-state index is 0.599. The largest absolute Gasteiger partial charge is 0.378 e. The fraction of sp³-hybridized carbons (Fsp3) is 0.0833. The van der Waals surface area contributed by atoms with Crippen molar-refractivity contribution in [3.63, 3.8) is 0 Å². The normalized spacial score (nSPS) is 10.6. The lowest BCUT2D eigenvalue weighted by molar-refractivity contribution is 0.828.